The Morgan fingerprint density at radius 2 is 1.69 bits per heavy atom. The van der Waals surface area contributed by atoms with Crippen molar-refractivity contribution in [2.75, 3.05) is 26.2 Å². The number of carbonyl (C=O) groups excluding carboxylic acids is 1. The standard InChI is InChI=1S/C21H24FN3O3S/c22-18-7-4-8-19(15-18)29(27,28)25-13-11-24(12-14-25)21(26)23-20(17-9-10-17)16-5-2-1-3-6-16/h1-8,15,17,20H,9-14H2,(H,23,26)/t20-/m0/s1. The largest absolute Gasteiger partial charge is 0.331 e. The minimum atomic E-state index is -3.77. The fraction of sp³-hybridized carbons (Fsp3) is 0.381. The molecule has 1 N–H and O–H groups in total. The first kappa shape index (κ1) is 19.8. The third-order valence-electron chi connectivity index (χ3n) is 5.49. The number of hydrogen-bond donors (Lipinski definition) is 1. The van der Waals surface area contributed by atoms with E-state index < -0.39 is 15.8 Å². The number of nitrogens with one attached hydrogen (secondary N) is 1. The van der Waals surface area contributed by atoms with Crippen LogP contribution in [0.25, 0.3) is 0 Å². The monoisotopic (exact) mass is 417 g/mol. The second-order valence-electron chi connectivity index (χ2n) is 7.52. The van der Waals surface area contributed by atoms with Gasteiger partial charge in [0.15, 0.2) is 0 Å². The van der Waals surface area contributed by atoms with Crippen molar-refractivity contribution in [3.05, 3.63) is 66.0 Å². The molecular weight excluding hydrogens is 393 g/mol. The van der Waals surface area contributed by atoms with Crippen molar-refractivity contribution in [2.45, 2.75) is 23.8 Å². The first-order chi connectivity index (χ1) is 13.9. The zero-order valence-electron chi connectivity index (χ0n) is 16.0. The maximum absolute atomic E-state index is 13.4. The molecule has 29 heavy (non-hydrogen) atoms. The normalized spacial score (nSPS) is 19.0. The van der Waals surface area contributed by atoms with E-state index in [4.69, 9.17) is 0 Å². The molecule has 1 aliphatic carbocycles. The molecule has 4 rings (SSSR count). The minimum Gasteiger partial charge on any atom is -0.331 e. The van der Waals surface area contributed by atoms with Crippen LogP contribution in [0.2, 0.25) is 0 Å². The fourth-order valence-electron chi connectivity index (χ4n) is 3.70. The van der Waals surface area contributed by atoms with Crippen LogP contribution in [0.3, 0.4) is 0 Å². The molecular formula is C21H24FN3O3S. The number of halogens is 1. The molecule has 1 atom stereocenters. The van der Waals surface area contributed by atoms with Crippen LogP contribution < -0.4 is 5.32 Å². The summed E-state index contributed by atoms with van der Waals surface area (Å²) in [5.74, 6) is -0.132. The third kappa shape index (κ3) is 4.43. The molecule has 0 aromatic heterocycles. The summed E-state index contributed by atoms with van der Waals surface area (Å²) in [6, 6.07) is 14.7. The zero-order chi connectivity index (χ0) is 20.4. The van der Waals surface area contributed by atoms with E-state index in [2.05, 4.69) is 5.32 Å². The molecule has 1 saturated heterocycles. The van der Waals surface area contributed by atoms with Crippen molar-refractivity contribution in [1.29, 1.82) is 0 Å². The van der Waals surface area contributed by atoms with E-state index in [9.17, 15) is 17.6 Å². The molecule has 1 saturated carbocycles. The molecule has 0 radical (unpaired) electrons. The number of urea groups is 1. The average Bonchev–Trinajstić information content (AvgIpc) is 3.58. The lowest BCUT2D eigenvalue weighted by molar-refractivity contribution is 0.167. The van der Waals surface area contributed by atoms with Gasteiger partial charge >= 0.3 is 6.03 Å². The number of benzene rings is 2. The predicted octanol–water partition coefficient (Wildman–Crippen LogP) is 2.99. The third-order valence-corrected chi connectivity index (χ3v) is 7.39. The zero-order valence-corrected chi connectivity index (χ0v) is 16.8. The van der Waals surface area contributed by atoms with Gasteiger partial charge in [0, 0.05) is 26.2 Å². The lowest BCUT2D eigenvalue weighted by Crippen LogP contribution is -2.53. The molecule has 2 aliphatic rings. The second-order valence-corrected chi connectivity index (χ2v) is 9.46. The van der Waals surface area contributed by atoms with Gasteiger partial charge in [-0.2, -0.15) is 4.31 Å². The van der Waals surface area contributed by atoms with Crippen molar-refractivity contribution in [3.63, 3.8) is 0 Å². The van der Waals surface area contributed by atoms with Gasteiger partial charge < -0.3 is 10.2 Å². The minimum absolute atomic E-state index is 0.0160. The van der Waals surface area contributed by atoms with Gasteiger partial charge in [-0.05, 0) is 42.5 Å². The molecule has 2 fully saturated rings. The van der Waals surface area contributed by atoms with Crippen LogP contribution in [0, 0.1) is 11.7 Å². The summed E-state index contributed by atoms with van der Waals surface area (Å²) in [5.41, 5.74) is 1.09. The number of piperazine rings is 1. The van der Waals surface area contributed by atoms with Crippen LogP contribution in [-0.2, 0) is 10.0 Å². The van der Waals surface area contributed by atoms with Crippen LogP contribution >= 0.6 is 0 Å². The number of carbonyl (C=O) groups is 1. The number of hydrogen-bond acceptors (Lipinski definition) is 3. The molecule has 2 aromatic rings. The van der Waals surface area contributed by atoms with Crippen LogP contribution in [-0.4, -0.2) is 49.8 Å². The molecule has 0 spiro atoms. The molecule has 6 nitrogen and oxygen atoms in total. The summed E-state index contributed by atoms with van der Waals surface area (Å²) in [6.07, 6.45) is 2.19. The fourth-order valence-corrected chi connectivity index (χ4v) is 5.15. The summed E-state index contributed by atoms with van der Waals surface area (Å²) >= 11 is 0. The molecule has 0 bridgehead atoms. The predicted molar refractivity (Wildman–Crippen MR) is 107 cm³/mol. The van der Waals surface area contributed by atoms with Gasteiger partial charge in [-0.15, -0.1) is 0 Å². The second kappa shape index (κ2) is 8.12. The van der Waals surface area contributed by atoms with E-state index in [1.807, 2.05) is 30.3 Å². The Hall–Kier alpha value is -2.45. The maximum atomic E-state index is 13.4. The Labute approximate surface area is 170 Å². The first-order valence-electron chi connectivity index (χ1n) is 9.81. The number of amides is 2. The molecule has 2 aromatic carbocycles. The van der Waals surface area contributed by atoms with Gasteiger partial charge in [-0.1, -0.05) is 36.4 Å². The van der Waals surface area contributed by atoms with E-state index >= 15 is 0 Å². The lowest BCUT2D eigenvalue weighted by Gasteiger charge is -2.35. The van der Waals surface area contributed by atoms with Crippen molar-refractivity contribution >= 4 is 16.1 Å². The summed E-state index contributed by atoms with van der Waals surface area (Å²) in [6.45, 7) is 0.969. The molecule has 8 heteroatoms. The van der Waals surface area contributed by atoms with Crippen LogP contribution in [0.5, 0.6) is 0 Å². The highest BCUT2D eigenvalue weighted by atomic mass is 32.2. The quantitative estimate of drug-likeness (QED) is 0.813. The van der Waals surface area contributed by atoms with Crippen LogP contribution in [0.4, 0.5) is 9.18 Å². The highest BCUT2D eigenvalue weighted by Crippen LogP contribution is 2.41. The van der Waals surface area contributed by atoms with E-state index in [1.165, 1.54) is 22.5 Å². The molecule has 2 amide bonds. The Morgan fingerprint density at radius 1 is 1.00 bits per heavy atom. The van der Waals surface area contributed by atoms with Gasteiger partial charge in [0.05, 0.1) is 10.9 Å². The van der Waals surface area contributed by atoms with E-state index in [1.54, 1.807) is 4.90 Å². The molecule has 1 heterocycles. The lowest BCUT2D eigenvalue weighted by atomic mass is 10.0. The Bertz CT molecular complexity index is 972. The summed E-state index contributed by atoms with van der Waals surface area (Å²) in [5, 5.41) is 3.13. The van der Waals surface area contributed by atoms with Gasteiger partial charge in [-0.3, -0.25) is 0 Å². The van der Waals surface area contributed by atoms with Crippen molar-refractivity contribution < 1.29 is 17.6 Å². The van der Waals surface area contributed by atoms with E-state index in [0.29, 0.717) is 19.0 Å². The van der Waals surface area contributed by atoms with E-state index in [0.717, 1.165) is 24.5 Å². The Morgan fingerprint density at radius 3 is 2.31 bits per heavy atom. The number of rotatable bonds is 5. The van der Waals surface area contributed by atoms with Crippen molar-refractivity contribution in [2.24, 2.45) is 5.92 Å². The van der Waals surface area contributed by atoms with Gasteiger partial charge in [-0.25, -0.2) is 17.6 Å². The van der Waals surface area contributed by atoms with Crippen molar-refractivity contribution in [3.8, 4) is 0 Å². The summed E-state index contributed by atoms with van der Waals surface area (Å²) < 4.78 is 40.2. The molecule has 1 aliphatic heterocycles. The summed E-state index contributed by atoms with van der Waals surface area (Å²) in [4.78, 5) is 14.4. The van der Waals surface area contributed by atoms with Crippen LogP contribution in [0.1, 0.15) is 24.4 Å². The number of sulfonamides is 1. The highest BCUT2D eigenvalue weighted by molar-refractivity contribution is 7.89. The van der Waals surface area contributed by atoms with Crippen molar-refractivity contribution in [1.82, 2.24) is 14.5 Å². The first-order valence-corrected chi connectivity index (χ1v) is 11.3. The Balaban J connectivity index is 1.38. The maximum Gasteiger partial charge on any atom is 0.317 e. The summed E-state index contributed by atoms with van der Waals surface area (Å²) in [7, 11) is -3.77. The SMILES string of the molecule is O=C(N[C@@H](c1ccccc1)C1CC1)N1CCN(S(=O)(=O)c2cccc(F)c2)CC1. The molecule has 154 valence electrons. The van der Waals surface area contributed by atoms with Gasteiger partial charge in [0.2, 0.25) is 10.0 Å². The van der Waals surface area contributed by atoms with Gasteiger partial charge in [0.25, 0.3) is 0 Å². The van der Waals surface area contributed by atoms with E-state index in [-0.39, 0.29) is 30.1 Å². The average molecular weight is 418 g/mol. The molecule has 0 unspecified atom stereocenters. The Kier molecular flexibility index (Phi) is 5.56. The van der Waals surface area contributed by atoms with Gasteiger partial charge in [0.1, 0.15) is 5.82 Å². The smallest absolute Gasteiger partial charge is 0.317 e. The topological polar surface area (TPSA) is 69.7 Å². The highest BCUT2D eigenvalue weighted by Gasteiger charge is 2.35. The number of nitrogens with zero attached hydrogens (tertiary/aromatic N) is 2. The van der Waals surface area contributed by atoms with Crippen LogP contribution in [0.15, 0.2) is 59.5 Å².